The number of aliphatic hydroxyl groups is 1. The molecule has 2 fully saturated rings. The van der Waals surface area contributed by atoms with Crippen molar-refractivity contribution < 1.29 is 9.90 Å². The van der Waals surface area contributed by atoms with E-state index in [1.807, 2.05) is 0 Å². The predicted molar refractivity (Wildman–Crippen MR) is 68.9 cm³/mol. The van der Waals surface area contributed by atoms with E-state index in [1.54, 1.807) is 0 Å². The fraction of sp³-hybridized carbons (Fsp3) is 0.933. The van der Waals surface area contributed by atoms with Crippen LogP contribution in [0.25, 0.3) is 0 Å². The quantitative estimate of drug-likeness (QED) is 0.700. The Hall–Kier alpha value is -0.370. The van der Waals surface area contributed by atoms with E-state index in [4.69, 9.17) is 0 Å². The molecular weight excluding hydrogens is 212 g/mol. The molecule has 0 aromatic rings. The van der Waals surface area contributed by atoms with E-state index in [2.05, 4.69) is 0 Å². The summed E-state index contributed by atoms with van der Waals surface area (Å²) in [6.07, 6.45) is 13.3. The lowest BCUT2D eigenvalue weighted by Crippen LogP contribution is -2.40. The second kappa shape index (κ2) is 5.99. The third kappa shape index (κ3) is 3.09. The van der Waals surface area contributed by atoms with E-state index in [0.717, 1.165) is 25.7 Å². The van der Waals surface area contributed by atoms with Gasteiger partial charge >= 0.3 is 0 Å². The van der Waals surface area contributed by atoms with E-state index in [1.165, 1.54) is 44.9 Å². The van der Waals surface area contributed by atoms with Crippen LogP contribution in [0.5, 0.6) is 0 Å². The average molecular weight is 238 g/mol. The molecule has 0 radical (unpaired) electrons. The van der Waals surface area contributed by atoms with Gasteiger partial charge in [0.1, 0.15) is 5.60 Å². The molecule has 98 valence electrons. The van der Waals surface area contributed by atoms with Crippen molar-refractivity contribution in [2.24, 2.45) is 5.92 Å². The van der Waals surface area contributed by atoms with Crippen molar-refractivity contribution in [2.45, 2.75) is 82.7 Å². The van der Waals surface area contributed by atoms with Crippen molar-refractivity contribution >= 4 is 5.78 Å². The molecule has 0 aromatic heterocycles. The average Bonchev–Trinajstić information content (AvgIpc) is 2.57. The highest BCUT2D eigenvalue weighted by Gasteiger charge is 2.46. The number of hydrogen-bond donors (Lipinski definition) is 1. The number of carbonyl (C=O) groups excluding carboxylic acids is 1. The topological polar surface area (TPSA) is 37.3 Å². The number of rotatable bonds is 0. The molecule has 2 atom stereocenters. The lowest BCUT2D eigenvalue weighted by molar-refractivity contribution is -0.137. The van der Waals surface area contributed by atoms with Crippen LogP contribution in [-0.2, 0) is 4.79 Å². The van der Waals surface area contributed by atoms with Crippen molar-refractivity contribution in [1.29, 1.82) is 0 Å². The van der Waals surface area contributed by atoms with Gasteiger partial charge in [-0.05, 0) is 25.2 Å². The molecule has 0 saturated heterocycles. The lowest BCUT2D eigenvalue weighted by atomic mass is 9.81. The molecule has 0 aliphatic heterocycles. The van der Waals surface area contributed by atoms with Gasteiger partial charge in [-0.2, -0.15) is 0 Å². The maximum atomic E-state index is 11.9. The van der Waals surface area contributed by atoms with E-state index in [-0.39, 0.29) is 11.7 Å². The van der Waals surface area contributed by atoms with Crippen LogP contribution >= 0.6 is 0 Å². The van der Waals surface area contributed by atoms with Crippen LogP contribution in [0.15, 0.2) is 0 Å². The van der Waals surface area contributed by atoms with Gasteiger partial charge in [0, 0.05) is 6.42 Å². The van der Waals surface area contributed by atoms with E-state index in [9.17, 15) is 9.90 Å². The first kappa shape index (κ1) is 13.1. The summed E-state index contributed by atoms with van der Waals surface area (Å²) >= 11 is 0. The summed E-state index contributed by atoms with van der Waals surface area (Å²) in [6, 6.07) is 0. The Kier molecular flexibility index (Phi) is 4.61. The first-order valence-corrected chi connectivity index (χ1v) is 7.49. The van der Waals surface area contributed by atoms with Crippen molar-refractivity contribution in [3.63, 3.8) is 0 Å². The van der Waals surface area contributed by atoms with Crippen molar-refractivity contribution in [1.82, 2.24) is 0 Å². The number of Topliss-reactive ketones (excluding diaryl/α,β-unsaturated/α-hetero) is 1. The van der Waals surface area contributed by atoms with Crippen molar-refractivity contribution in [3.8, 4) is 0 Å². The molecule has 2 heteroatoms. The Balaban J connectivity index is 1.97. The van der Waals surface area contributed by atoms with Crippen molar-refractivity contribution in [3.05, 3.63) is 0 Å². The number of carbonyl (C=O) groups is 1. The smallest absolute Gasteiger partial charge is 0.164 e. The number of hydrogen-bond acceptors (Lipinski definition) is 2. The molecular formula is C15H26O2. The minimum Gasteiger partial charge on any atom is -0.382 e. The third-order valence-corrected chi connectivity index (χ3v) is 4.74. The predicted octanol–water partition coefficient (Wildman–Crippen LogP) is 3.61. The van der Waals surface area contributed by atoms with Gasteiger partial charge in [0.2, 0.25) is 0 Å². The van der Waals surface area contributed by atoms with Gasteiger partial charge in [-0.25, -0.2) is 0 Å². The standard InChI is InChI=1S/C15H26O2/c16-14-11-10-13-9-7-5-3-1-2-4-6-8-12-15(13,14)17/h13,17H,1-12H2/t13-,15-/m1/s1. The lowest BCUT2D eigenvalue weighted by Gasteiger charge is -2.29. The Morgan fingerprint density at radius 2 is 1.47 bits per heavy atom. The van der Waals surface area contributed by atoms with Crippen LogP contribution in [0.2, 0.25) is 0 Å². The minimum absolute atomic E-state index is 0.125. The van der Waals surface area contributed by atoms with Gasteiger partial charge in [0.25, 0.3) is 0 Å². The molecule has 17 heavy (non-hydrogen) atoms. The van der Waals surface area contributed by atoms with Crippen LogP contribution < -0.4 is 0 Å². The summed E-state index contributed by atoms with van der Waals surface area (Å²) < 4.78 is 0. The SMILES string of the molecule is O=C1CC[C@H]2CCCCCCCCCC[C@]12O. The van der Waals surface area contributed by atoms with Crippen LogP contribution in [0, 0.1) is 5.92 Å². The van der Waals surface area contributed by atoms with Gasteiger partial charge in [0.05, 0.1) is 0 Å². The van der Waals surface area contributed by atoms with Crippen molar-refractivity contribution in [2.75, 3.05) is 0 Å². The Morgan fingerprint density at radius 1 is 0.882 bits per heavy atom. The Labute approximate surface area is 105 Å². The summed E-state index contributed by atoms with van der Waals surface area (Å²) in [4.78, 5) is 11.9. The van der Waals surface area contributed by atoms with E-state index in [0.29, 0.717) is 6.42 Å². The zero-order valence-electron chi connectivity index (χ0n) is 10.9. The molecule has 2 rings (SSSR count). The fourth-order valence-electron chi connectivity index (χ4n) is 3.56. The molecule has 2 aliphatic rings. The summed E-state index contributed by atoms with van der Waals surface area (Å²) in [6.45, 7) is 0. The molecule has 0 spiro atoms. The van der Waals surface area contributed by atoms with E-state index < -0.39 is 5.60 Å². The first-order chi connectivity index (χ1) is 8.23. The van der Waals surface area contributed by atoms with E-state index >= 15 is 0 Å². The monoisotopic (exact) mass is 238 g/mol. The highest BCUT2D eigenvalue weighted by atomic mass is 16.3. The molecule has 0 heterocycles. The molecule has 0 amide bonds. The zero-order chi connectivity index (χ0) is 12.1. The second-order valence-corrected chi connectivity index (χ2v) is 5.95. The maximum Gasteiger partial charge on any atom is 0.164 e. The van der Waals surface area contributed by atoms with Gasteiger partial charge < -0.3 is 5.11 Å². The van der Waals surface area contributed by atoms with Crippen LogP contribution in [0.1, 0.15) is 77.0 Å². The molecule has 0 bridgehead atoms. The summed E-state index contributed by atoms with van der Waals surface area (Å²) in [5.74, 6) is 0.383. The molecule has 0 aromatic carbocycles. The molecule has 2 saturated carbocycles. The summed E-state index contributed by atoms with van der Waals surface area (Å²) in [5, 5.41) is 10.6. The highest BCUT2D eigenvalue weighted by Crippen LogP contribution is 2.40. The van der Waals surface area contributed by atoms with Crippen LogP contribution in [0.3, 0.4) is 0 Å². The number of ketones is 1. The maximum absolute atomic E-state index is 11.9. The normalized spacial score (nSPS) is 37.0. The van der Waals surface area contributed by atoms with Crippen LogP contribution in [-0.4, -0.2) is 16.5 Å². The summed E-state index contributed by atoms with van der Waals surface area (Å²) in [7, 11) is 0. The minimum atomic E-state index is -0.945. The molecule has 0 unspecified atom stereocenters. The largest absolute Gasteiger partial charge is 0.382 e. The molecule has 2 aliphatic carbocycles. The van der Waals surface area contributed by atoms with Gasteiger partial charge in [-0.15, -0.1) is 0 Å². The fourth-order valence-corrected chi connectivity index (χ4v) is 3.56. The second-order valence-electron chi connectivity index (χ2n) is 5.95. The zero-order valence-corrected chi connectivity index (χ0v) is 10.9. The Bertz CT molecular complexity index is 262. The van der Waals surface area contributed by atoms with Gasteiger partial charge in [-0.3, -0.25) is 4.79 Å². The first-order valence-electron chi connectivity index (χ1n) is 7.49. The number of fused-ring (bicyclic) bond motifs is 1. The summed E-state index contributed by atoms with van der Waals surface area (Å²) in [5.41, 5.74) is -0.945. The molecule has 2 nitrogen and oxygen atoms in total. The van der Waals surface area contributed by atoms with Gasteiger partial charge in [0.15, 0.2) is 5.78 Å². The van der Waals surface area contributed by atoms with Gasteiger partial charge in [-0.1, -0.05) is 51.4 Å². The third-order valence-electron chi connectivity index (χ3n) is 4.74. The highest BCUT2D eigenvalue weighted by molar-refractivity contribution is 5.89. The van der Waals surface area contributed by atoms with Crippen LogP contribution in [0.4, 0.5) is 0 Å². The molecule has 1 N–H and O–H groups in total. The Morgan fingerprint density at radius 3 is 2.18 bits per heavy atom.